The highest BCUT2D eigenvalue weighted by Crippen LogP contribution is 2.35. The summed E-state index contributed by atoms with van der Waals surface area (Å²) in [4.78, 5) is 49.6. The summed E-state index contributed by atoms with van der Waals surface area (Å²) in [5.41, 5.74) is -0.233. The normalized spacial score (nSPS) is 13.6. The lowest BCUT2D eigenvalue weighted by Gasteiger charge is -2.29. The monoisotopic (exact) mass is 341 g/mol. The van der Waals surface area contributed by atoms with Crippen LogP contribution >= 0.6 is 0 Å². The average molecular weight is 341 g/mol. The molecule has 1 heterocycles. The fourth-order valence-electron chi connectivity index (χ4n) is 3.12. The molecule has 1 aliphatic rings. The minimum atomic E-state index is -1.32. The number of carbonyl (C=O) groups is 4. The van der Waals surface area contributed by atoms with E-state index in [1.165, 1.54) is 24.3 Å². The van der Waals surface area contributed by atoms with Crippen molar-refractivity contribution in [3.63, 3.8) is 0 Å². The first kappa shape index (κ1) is 16.6. The van der Waals surface area contributed by atoms with Crippen LogP contribution in [-0.4, -0.2) is 45.4 Å². The molecule has 0 fully saturated rings. The third-order valence-corrected chi connectivity index (χ3v) is 4.12. The van der Waals surface area contributed by atoms with E-state index in [-0.39, 0.29) is 45.5 Å². The molecular weight excluding hydrogens is 326 g/mol. The van der Waals surface area contributed by atoms with Crippen molar-refractivity contribution in [2.75, 3.05) is 6.54 Å². The number of aromatic carboxylic acids is 2. The van der Waals surface area contributed by atoms with Crippen LogP contribution in [0.1, 0.15) is 55.3 Å². The number of nitrogens with zero attached hydrogens (tertiary/aromatic N) is 1. The Bertz CT molecular complexity index is 891. The maximum atomic E-state index is 12.7. The number of rotatable bonds is 4. The number of imide groups is 1. The molecule has 0 aromatic heterocycles. The predicted molar refractivity (Wildman–Crippen MR) is 88.1 cm³/mol. The van der Waals surface area contributed by atoms with Gasteiger partial charge >= 0.3 is 11.9 Å². The number of hydrogen-bond donors (Lipinski definition) is 2. The molecule has 0 atom stereocenters. The highest BCUT2D eigenvalue weighted by atomic mass is 16.4. The lowest BCUT2D eigenvalue weighted by molar-refractivity contribution is 0.0587. The number of benzene rings is 2. The zero-order chi connectivity index (χ0) is 18.5. The van der Waals surface area contributed by atoms with Crippen molar-refractivity contribution in [3.05, 3.63) is 46.5 Å². The maximum absolute atomic E-state index is 12.7. The summed E-state index contributed by atoms with van der Waals surface area (Å²) in [7, 11) is 0. The maximum Gasteiger partial charge on any atom is 0.336 e. The Labute approximate surface area is 142 Å². The number of hydrogen-bond acceptors (Lipinski definition) is 4. The summed E-state index contributed by atoms with van der Waals surface area (Å²) in [5, 5.41) is 18.8. The van der Waals surface area contributed by atoms with E-state index in [4.69, 9.17) is 0 Å². The molecule has 2 N–H and O–H groups in total. The van der Waals surface area contributed by atoms with Crippen LogP contribution in [0, 0.1) is 5.92 Å². The number of carboxylic acids is 2. The first-order valence-corrected chi connectivity index (χ1v) is 7.66. The summed E-state index contributed by atoms with van der Waals surface area (Å²) in [6, 6.07) is 5.08. The smallest absolute Gasteiger partial charge is 0.336 e. The van der Waals surface area contributed by atoms with Crippen molar-refractivity contribution in [2.24, 2.45) is 5.92 Å². The Balaban J connectivity index is 2.41. The van der Waals surface area contributed by atoms with Gasteiger partial charge in [0, 0.05) is 28.4 Å². The molecule has 0 spiro atoms. The molecule has 1 aliphatic heterocycles. The van der Waals surface area contributed by atoms with Crippen LogP contribution in [0.15, 0.2) is 24.3 Å². The Kier molecular flexibility index (Phi) is 3.79. The molecule has 3 rings (SSSR count). The van der Waals surface area contributed by atoms with Crippen molar-refractivity contribution >= 4 is 34.5 Å². The van der Waals surface area contributed by atoms with Gasteiger partial charge in [0.2, 0.25) is 0 Å². The SMILES string of the molecule is CC(C)CN1C(=O)c2ccc(C(=O)O)c3c(C(=O)O)ccc(c23)C1=O. The van der Waals surface area contributed by atoms with Gasteiger partial charge in [0.15, 0.2) is 0 Å². The zero-order valence-electron chi connectivity index (χ0n) is 13.6. The zero-order valence-corrected chi connectivity index (χ0v) is 13.6. The van der Waals surface area contributed by atoms with Gasteiger partial charge in [-0.2, -0.15) is 0 Å². The summed E-state index contributed by atoms with van der Waals surface area (Å²) in [6.07, 6.45) is 0. The van der Waals surface area contributed by atoms with E-state index in [9.17, 15) is 29.4 Å². The molecule has 0 unspecified atom stereocenters. The Morgan fingerprint density at radius 2 is 1.32 bits per heavy atom. The molecule has 0 saturated heterocycles. The van der Waals surface area contributed by atoms with Gasteiger partial charge in [0.05, 0.1) is 11.1 Å². The average Bonchev–Trinajstić information content (AvgIpc) is 2.54. The van der Waals surface area contributed by atoms with Crippen LogP contribution in [0.2, 0.25) is 0 Å². The van der Waals surface area contributed by atoms with Crippen molar-refractivity contribution < 1.29 is 29.4 Å². The molecule has 2 amide bonds. The summed E-state index contributed by atoms with van der Waals surface area (Å²) in [6.45, 7) is 3.96. The molecule has 0 radical (unpaired) electrons. The van der Waals surface area contributed by atoms with Crippen molar-refractivity contribution in [1.82, 2.24) is 4.90 Å². The van der Waals surface area contributed by atoms with E-state index in [0.717, 1.165) is 4.90 Å². The first-order chi connectivity index (χ1) is 11.7. The standard InChI is InChI=1S/C18H15NO6/c1-8(2)7-19-15(20)9-3-5-11(17(22)23)14-12(18(24)25)6-4-10(13(9)14)16(19)21/h3-6,8H,7H2,1-2H3,(H,22,23)(H,24,25). The number of carbonyl (C=O) groups excluding carboxylic acids is 2. The summed E-state index contributed by atoms with van der Waals surface area (Å²) in [5.74, 6) is -3.68. The van der Waals surface area contributed by atoms with E-state index >= 15 is 0 Å². The quantitative estimate of drug-likeness (QED) is 0.826. The van der Waals surface area contributed by atoms with Crippen LogP contribution < -0.4 is 0 Å². The largest absolute Gasteiger partial charge is 0.478 e. The Morgan fingerprint density at radius 1 is 0.880 bits per heavy atom. The van der Waals surface area contributed by atoms with Gasteiger partial charge in [0.25, 0.3) is 11.8 Å². The van der Waals surface area contributed by atoms with Gasteiger partial charge in [-0.05, 0) is 30.2 Å². The molecule has 2 aromatic rings. The molecule has 25 heavy (non-hydrogen) atoms. The Morgan fingerprint density at radius 3 is 1.68 bits per heavy atom. The third-order valence-electron chi connectivity index (χ3n) is 4.12. The predicted octanol–water partition coefficient (Wildman–Crippen LogP) is 2.49. The van der Waals surface area contributed by atoms with E-state index in [1.807, 2.05) is 13.8 Å². The molecule has 0 saturated carbocycles. The minimum Gasteiger partial charge on any atom is -0.478 e. The second-order valence-electron chi connectivity index (χ2n) is 6.30. The van der Waals surface area contributed by atoms with Crippen LogP contribution in [0.25, 0.3) is 10.8 Å². The van der Waals surface area contributed by atoms with Crippen LogP contribution in [-0.2, 0) is 0 Å². The van der Waals surface area contributed by atoms with E-state index < -0.39 is 23.8 Å². The molecule has 2 aromatic carbocycles. The minimum absolute atomic E-state index is 0.0570. The van der Waals surface area contributed by atoms with Crippen LogP contribution in [0.5, 0.6) is 0 Å². The first-order valence-electron chi connectivity index (χ1n) is 7.66. The molecule has 128 valence electrons. The summed E-state index contributed by atoms with van der Waals surface area (Å²) < 4.78 is 0. The molecule has 7 heteroatoms. The molecule has 0 bridgehead atoms. The fourth-order valence-corrected chi connectivity index (χ4v) is 3.12. The van der Waals surface area contributed by atoms with E-state index in [0.29, 0.717) is 0 Å². The highest BCUT2D eigenvalue weighted by molar-refractivity contribution is 6.29. The highest BCUT2D eigenvalue weighted by Gasteiger charge is 2.35. The number of amides is 2. The number of carboxylic acid groups (broad SMARTS) is 2. The lowest BCUT2D eigenvalue weighted by Crippen LogP contribution is -2.42. The second kappa shape index (κ2) is 5.70. The van der Waals surface area contributed by atoms with Crippen LogP contribution in [0.3, 0.4) is 0 Å². The van der Waals surface area contributed by atoms with Gasteiger partial charge < -0.3 is 10.2 Å². The lowest BCUT2D eigenvalue weighted by atomic mass is 9.88. The van der Waals surface area contributed by atoms with Gasteiger partial charge in [-0.3, -0.25) is 14.5 Å². The molecular formula is C18H15NO6. The Hall–Kier alpha value is -3.22. The van der Waals surface area contributed by atoms with Gasteiger partial charge in [-0.25, -0.2) is 9.59 Å². The van der Waals surface area contributed by atoms with Crippen molar-refractivity contribution in [3.8, 4) is 0 Å². The topological polar surface area (TPSA) is 112 Å². The van der Waals surface area contributed by atoms with Gasteiger partial charge in [-0.1, -0.05) is 13.8 Å². The molecule has 0 aliphatic carbocycles. The van der Waals surface area contributed by atoms with E-state index in [2.05, 4.69) is 0 Å². The molecule has 7 nitrogen and oxygen atoms in total. The third kappa shape index (κ3) is 2.44. The van der Waals surface area contributed by atoms with Gasteiger partial charge in [-0.15, -0.1) is 0 Å². The van der Waals surface area contributed by atoms with Crippen LogP contribution in [0.4, 0.5) is 0 Å². The van der Waals surface area contributed by atoms with E-state index in [1.54, 1.807) is 0 Å². The van der Waals surface area contributed by atoms with Crippen molar-refractivity contribution in [1.29, 1.82) is 0 Å². The van der Waals surface area contributed by atoms with Gasteiger partial charge in [0.1, 0.15) is 0 Å². The van der Waals surface area contributed by atoms with Crippen molar-refractivity contribution in [2.45, 2.75) is 13.8 Å². The second-order valence-corrected chi connectivity index (χ2v) is 6.30. The summed E-state index contributed by atoms with van der Waals surface area (Å²) >= 11 is 0. The fraction of sp³-hybridized carbons (Fsp3) is 0.222.